The summed E-state index contributed by atoms with van der Waals surface area (Å²) in [5.41, 5.74) is 0. The van der Waals surface area contributed by atoms with E-state index in [-0.39, 0.29) is 12.0 Å². The van der Waals surface area contributed by atoms with Gasteiger partial charge >= 0.3 is 0 Å². The van der Waals surface area contributed by atoms with Gasteiger partial charge in [0.15, 0.2) is 0 Å². The molecule has 2 N–H and O–H groups in total. The molecule has 1 unspecified atom stereocenters. The highest BCUT2D eigenvalue weighted by Crippen LogP contribution is 2.05. The number of aromatic amines is 1. The van der Waals surface area contributed by atoms with Crippen LogP contribution in [0, 0.1) is 5.92 Å². The minimum Gasteiger partial charge on any atom is -0.392 e. The van der Waals surface area contributed by atoms with Crippen molar-refractivity contribution in [2.45, 2.75) is 26.4 Å². The Hall–Kier alpha value is -0.900. The zero-order valence-corrected chi connectivity index (χ0v) is 6.78. The lowest BCUT2D eigenvalue weighted by Crippen LogP contribution is -2.18. The van der Waals surface area contributed by atoms with Gasteiger partial charge < -0.3 is 5.11 Å². The Morgan fingerprint density at radius 3 is 2.82 bits per heavy atom. The molecule has 4 heteroatoms. The first-order valence-corrected chi connectivity index (χ1v) is 3.72. The second kappa shape index (κ2) is 3.48. The lowest BCUT2D eigenvalue weighted by molar-refractivity contribution is 0.123. The van der Waals surface area contributed by atoms with Crippen molar-refractivity contribution < 1.29 is 5.11 Å². The van der Waals surface area contributed by atoms with Crippen molar-refractivity contribution in [1.82, 2.24) is 15.2 Å². The van der Waals surface area contributed by atoms with Crippen LogP contribution in [0.3, 0.4) is 0 Å². The van der Waals surface area contributed by atoms with Crippen molar-refractivity contribution in [1.29, 1.82) is 0 Å². The van der Waals surface area contributed by atoms with E-state index in [0.717, 1.165) is 5.82 Å². The molecule has 0 spiro atoms. The maximum atomic E-state index is 9.41. The van der Waals surface area contributed by atoms with Gasteiger partial charge in [0, 0.05) is 6.42 Å². The minimum absolute atomic E-state index is 0.264. The van der Waals surface area contributed by atoms with Crippen LogP contribution in [0.15, 0.2) is 6.33 Å². The summed E-state index contributed by atoms with van der Waals surface area (Å²) in [6.07, 6.45) is 1.67. The van der Waals surface area contributed by atoms with Gasteiger partial charge in [-0.1, -0.05) is 13.8 Å². The summed E-state index contributed by atoms with van der Waals surface area (Å²) in [6.45, 7) is 3.95. The summed E-state index contributed by atoms with van der Waals surface area (Å²) in [4.78, 5) is 3.91. The van der Waals surface area contributed by atoms with E-state index in [9.17, 15) is 5.11 Å². The van der Waals surface area contributed by atoms with Crippen LogP contribution in [-0.2, 0) is 6.42 Å². The second-order valence-corrected chi connectivity index (χ2v) is 2.95. The number of aromatic nitrogens is 3. The van der Waals surface area contributed by atoms with Crippen molar-refractivity contribution in [3.63, 3.8) is 0 Å². The van der Waals surface area contributed by atoms with Crippen molar-refractivity contribution in [2.24, 2.45) is 5.92 Å². The molecule has 0 bridgehead atoms. The van der Waals surface area contributed by atoms with Gasteiger partial charge in [0.1, 0.15) is 12.2 Å². The number of hydrogen-bond acceptors (Lipinski definition) is 3. The highest BCUT2D eigenvalue weighted by molar-refractivity contribution is 4.83. The molecular weight excluding hydrogens is 142 g/mol. The fourth-order valence-corrected chi connectivity index (χ4v) is 0.763. The molecule has 62 valence electrons. The molecule has 0 amide bonds. The molecule has 0 aliphatic heterocycles. The molecule has 0 saturated heterocycles. The zero-order chi connectivity index (χ0) is 8.27. The summed E-state index contributed by atoms with van der Waals surface area (Å²) in [5.74, 6) is 1.01. The Balaban J connectivity index is 2.43. The molecule has 0 aliphatic rings. The van der Waals surface area contributed by atoms with E-state index in [4.69, 9.17) is 0 Å². The molecule has 0 aliphatic carbocycles. The fraction of sp³-hybridized carbons (Fsp3) is 0.714. The van der Waals surface area contributed by atoms with Gasteiger partial charge in [-0.15, -0.1) is 0 Å². The Labute approximate surface area is 65.7 Å². The number of hydrogen-bond donors (Lipinski definition) is 2. The summed E-state index contributed by atoms with van der Waals surface area (Å²) < 4.78 is 0. The first-order valence-electron chi connectivity index (χ1n) is 3.72. The van der Waals surface area contributed by atoms with E-state index < -0.39 is 0 Å². The zero-order valence-electron chi connectivity index (χ0n) is 6.78. The number of aliphatic hydroxyl groups excluding tert-OH is 1. The van der Waals surface area contributed by atoms with Crippen LogP contribution in [-0.4, -0.2) is 26.4 Å². The molecule has 11 heavy (non-hydrogen) atoms. The molecule has 1 rings (SSSR count). The molecule has 0 aromatic carbocycles. The Bertz CT molecular complexity index is 195. The van der Waals surface area contributed by atoms with Crippen molar-refractivity contribution >= 4 is 0 Å². The first kappa shape index (κ1) is 8.20. The Morgan fingerprint density at radius 2 is 2.36 bits per heavy atom. The standard InChI is InChI=1S/C7H13N3O/c1-5(2)6(11)3-7-8-4-9-10-7/h4-6,11H,3H2,1-2H3,(H,8,9,10). The maximum absolute atomic E-state index is 9.41. The lowest BCUT2D eigenvalue weighted by Gasteiger charge is -2.11. The highest BCUT2D eigenvalue weighted by atomic mass is 16.3. The van der Waals surface area contributed by atoms with Gasteiger partial charge in [-0.2, -0.15) is 5.10 Å². The largest absolute Gasteiger partial charge is 0.392 e. The molecular formula is C7H13N3O. The smallest absolute Gasteiger partial charge is 0.137 e. The van der Waals surface area contributed by atoms with Crippen LogP contribution in [0.2, 0.25) is 0 Å². The van der Waals surface area contributed by atoms with E-state index in [1.54, 1.807) is 0 Å². The topological polar surface area (TPSA) is 61.8 Å². The quantitative estimate of drug-likeness (QED) is 0.662. The third-order valence-electron chi connectivity index (χ3n) is 1.64. The van der Waals surface area contributed by atoms with Crippen LogP contribution in [0.25, 0.3) is 0 Å². The van der Waals surface area contributed by atoms with Gasteiger partial charge in [-0.05, 0) is 5.92 Å². The molecule has 1 aromatic heterocycles. The molecule has 1 heterocycles. The molecule has 1 aromatic rings. The number of H-pyrrole nitrogens is 1. The second-order valence-electron chi connectivity index (χ2n) is 2.95. The van der Waals surface area contributed by atoms with Crippen molar-refractivity contribution in [3.8, 4) is 0 Å². The van der Waals surface area contributed by atoms with Gasteiger partial charge in [-0.25, -0.2) is 4.98 Å². The number of aliphatic hydroxyl groups is 1. The van der Waals surface area contributed by atoms with Crippen molar-refractivity contribution in [3.05, 3.63) is 12.2 Å². The maximum Gasteiger partial charge on any atom is 0.137 e. The number of nitrogens with zero attached hydrogens (tertiary/aromatic N) is 2. The molecule has 1 atom stereocenters. The van der Waals surface area contributed by atoms with Gasteiger partial charge in [-0.3, -0.25) is 5.10 Å². The molecule has 0 fully saturated rings. The first-order chi connectivity index (χ1) is 5.20. The third kappa shape index (κ3) is 2.31. The highest BCUT2D eigenvalue weighted by Gasteiger charge is 2.10. The molecule has 0 saturated carbocycles. The average Bonchev–Trinajstić information content (AvgIpc) is 2.39. The van der Waals surface area contributed by atoms with Gasteiger partial charge in [0.05, 0.1) is 6.10 Å². The van der Waals surface area contributed by atoms with Crippen molar-refractivity contribution in [2.75, 3.05) is 0 Å². The van der Waals surface area contributed by atoms with Crippen LogP contribution in [0.4, 0.5) is 0 Å². The minimum atomic E-state index is -0.331. The van der Waals surface area contributed by atoms with E-state index in [1.165, 1.54) is 6.33 Å². The molecule has 4 nitrogen and oxygen atoms in total. The number of nitrogens with one attached hydrogen (secondary N) is 1. The predicted molar refractivity (Wildman–Crippen MR) is 40.9 cm³/mol. The van der Waals surface area contributed by atoms with Gasteiger partial charge in [0.2, 0.25) is 0 Å². The van der Waals surface area contributed by atoms with Gasteiger partial charge in [0.25, 0.3) is 0 Å². The van der Waals surface area contributed by atoms with E-state index >= 15 is 0 Å². The normalized spacial score (nSPS) is 13.8. The van der Waals surface area contributed by atoms with Crippen LogP contribution >= 0.6 is 0 Å². The van der Waals surface area contributed by atoms with Crippen LogP contribution in [0.5, 0.6) is 0 Å². The lowest BCUT2D eigenvalue weighted by atomic mass is 10.0. The summed E-state index contributed by atoms with van der Waals surface area (Å²) >= 11 is 0. The summed E-state index contributed by atoms with van der Waals surface area (Å²) in [7, 11) is 0. The van der Waals surface area contributed by atoms with E-state index in [0.29, 0.717) is 6.42 Å². The molecule has 0 radical (unpaired) electrons. The third-order valence-corrected chi connectivity index (χ3v) is 1.64. The monoisotopic (exact) mass is 155 g/mol. The van der Waals surface area contributed by atoms with Crippen LogP contribution < -0.4 is 0 Å². The average molecular weight is 155 g/mol. The van der Waals surface area contributed by atoms with Crippen LogP contribution in [0.1, 0.15) is 19.7 Å². The SMILES string of the molecule is CC(C)C(O)Cc1ncn[nH]1. The van der Waals surface area contributed by atoms with E-state index in [1.807, 2.05) is 13.8 Å². The summed E-state index contributed by atoms with van der Waals surface area (Å²) in [5, 5.41) is 15.8. The summed E-state index contributed by atoms with van der Waals surface area (Å²) in [6, 6.07) is 0. The predicted octanol–water partition coefficient (Wildman–Crippen LogP) is 0.364. The Morgan fingerprint density at radius 1 is 1.64 bits per heavy atom. The van der Waals surface area contributed by atoms with E-state index in [2.05, 4.69) is 15.2 Å². The Kier molecular flexibility index (Phi) is 2.59. The number of rotatable bonds is 3. The fourth-order valence-electron chi connectivity index (χ4n) is 0.763.